The quantitative estimate of drug-likeness (QED) is 0.511. The Morgan fingerprint density at radius 2 is 2.11 bits per heavy atom. The Labute approximate surface area is 48.4 Å². The van der Waals surface area contributed by atoms with Gasteiger partial charge in [-0.3, -0.25) is 5.43 Å². The van der Waals surface area contributed by atoms with Crippen molar-refractivity contribution in [1.82, 2.24) is 11.0 Å². The van der Waals surface area contributed by atoms with Gasteiger partial charge in [-0.2, -0.15) is 13.2 Å². The Morgan fingerprint density at radius 3 is 2.33 bits per heavy atom. The standard InChI is InChI=1S/C3H3F3N2O/c4-3(5,6)2-1-9-8-7-2/h1,7-8H. The van der Waals surface area contributed by atoms with Gasteiger partial charge in [0.15, 0.2) is 5.70 Å². The lowest BCUT2D eigenvalue weighted by molar-refractivity contribution is -0.0966. The van der Waals surface area contributed by atoms with Crippen molar-refractivity contribution in [3.63, 3.8) is 0 Å². The van der Waals surface area contributed by atoms with Crippen molar-refractivity contribution < 1.29 is 18.0 Å². The van der Waals surface area contributed by atoms with Gasteiger partial charge < -0.3 is 4.84 Å². The summed E-state index contributed by atoms with van der Waals surface area (Å²) < 4.78 is 34.5. The molecular weight excluding hydrogens is 137 g/mol. The number of hydrazine groups is 1. The lowest BCUT2D eigenvalue weighted by atomic mass is 10.5. The smallest absolute Gasteiger partial charge is 0.395 e. The highest BCUT2D eigenvalue weighted by Crippen LogP contribution is 2.23. The number of allylic oxidation sites excluding steroid dienone is 1. The Balaban J connectivity index is 2.61. The fraction of sp³-hybridized carbons (Fsp3) is 0.333. The first-order chi connectivity index (χ1) is 4.11. The summed E-state index contributed by atoms with van der Waals surface area (Å²) in [4.78, 5) is 4.04. The van der Waals surface area contributed by atoms with Gasteiger partial charge in [0.1, 0.15) is 6.26 Å². The van der Waals surface area contributed by atoms with Crippen LogP contribution in [0, 0.1) is 0 Å². The average molecular weight is 140 g/mol. The SMILES string of the molecule is FC(F)(F)C1=CONN1. The van der Waals surface area contributed by atoms with Gasteiger partial charge in [0, 0.05) is 0 Å². The summed E-state index contributed by atoms with van der Waals surface area (Å²) in [6.07, 6.45) is -3.80. The van der Waals surface area contributed by atoms with E-state index in [2.05, 4.69) is 4.84 Å². The first-order valence-corrected chi connectivity index (χ1v) is 2.05. The highest BCUT2D eigenvalue weighted by Gasteiger charge is 2.36. The fourth-order valence-corrected chi connectivity index (χ4v) is 0.340. The van der Waals surface area contributed by atoms with Crippen molar-refractivity contribution in [3.8, 4) is 0 Å². The molecule has 0 bridgehead atoms. The molecule has 0 unspecified atom stereocenters. The minimum absolute atomic E-state index is 0.556. The van der Waals surface area contributed by atoms with Crippen LogP contribution in [0.2, 0.25) is 0 Å². The fourth-order valence-electron chi connectivity index (χ4n) is 0.340. The van der Waals surface area contributed by atoms with Crippen LogP contribution in [0.15, 0.2) is 12.0 Å². The Hall–Kier alpha value is -0.910. The van der Waals surface area contributed by atoms with Gasteiger partial charge >= 0.3 is 6.18 Å². The van der Waals surface area contributed by atoms with E-state index >= 15 is 0 Å². The summed E-state index contributed by atoms with van der Waals surface area (Å²) in [5.41, 5.74) is 2.65. The number of alkyl halides is 3. The zero-order valence-electron chi connectivity index (χ0n) is 4.12. The third-order valence-electron chi connectivity index (χ3n) is 0.727. The summed E-state index contributed by atoms with van der Waals surface area (Å²) in [7, 11) is 0. The molecule has 3 nitrogen and oxygen atoms in total. The molecule has 2 N–H and O–H groups in total. The molecule has 0 aromatic heterocycles. The van der Waals surface area contributed by atoms with Gasteiger partial charge in [0.25, 0.3) is 0 Å². The van der Waals surface area contributed by atoms with Crippen LogP contribution in [0.25, 0.3) is 0 Å². The van der Waals surface area contributed by atoms with Crippen LogP contribution in [0.3, 0.4) is 0 Å². The van der Waals surface area contributed by atoms with Crippen molar-refractivity contribution in [2.45, 2.75) is 6.18 Å². The summed E-state index contributed by atoms with van der Waals surface area (Å²) in [6.45, 7) is 0. The zero-order valence-corrected chi connectivity index (χ0v) is 4.12. The predicted octanol–water partition coefficient (Wildman–Crippen LogP) is 0.429. The lowest BCUT2D eigenvalue weighted by Gasteiger charge is -2.03. The van der Waals surface area contributed by atoms with E-state index in [9.17, 15) is 13.2 Å². The molecule has 6 heteroatoms. The van der Waals surface area contributed by atoms with Crippen LogP contribution in [0.4, 0.5) is 13.2 Å². The summed E-state index contributed by atoms with van der Waals surface area (Å²) in [6, 6.07) is 0. The molecule has 0 atom stereocenters. The first-order valence-electron chi connectivity index (χ1n) is 2.05. The zero-order chi connectivity index (χ0) is 6.91. The third kappa shape index (κ3) is 1.26. The van der Waals surface area contributed by atoms with Gasteiger partial charge in [0.05, 0.1) is 0 Å². The van der Waals surface area contributed by atoms with Crippen LogP contribution in [0.1, 0.15) is 0 Å². The average Bonchev–Trinajstić information content (AvgIpc) is 2.08. The molecule has 0 radical (unpaired) electrons. The molecule has 1 rings (SSSR count). The normalized spacial score (nSPS) is 18.3. The second kappa shape index (κ2) is 1.80. The van der Waals surface area contributed by atoms with E-state index < -0.39 is 11.9 Å². The largest absolute Gasteiger partial charge is 0.435 e. The molecule has 0 saturated carbocycles. The topological polar surface area (TPSA) is 33.3 Å². The van der Waals surface area contributed by atoms with Crippen molar-refractivity contribution in [1.29, 1.82) is 0 Å². The maximum Gasteiger partial charge on any atom is 0.435 e. The number of rotatable bonds is 0. The van der Waals surface area contributed by atoms with E-state index in [1.54, 1.807) is 5.43 Å². The van der Waals surface area contributed by atoms with E-state index in [1.807, 2.05) is 5.59 Å². The Kier molecular flexibility index (Phi) is 1.24. The van der Waals surface area contributed by atoms with E-state index in [0.717, 1.165) is 0 Å². The molecule has 1 aliphatic heterocycles. The highest BCUT2D eigenvalue weighted by atomic mass is 19.4. The molecule has 0 aromatic rings. The molecule has 0 fully saturated rings. The third-order valence-corrected chi connectivity index (χ3v) is 0.727. The number of halogens is 3. The number of hydrogen-bond donors (Lipinski definition) is 2. The molecule has 0 amide bonds. The van der Waals surface area contributed by atoms with E-state index in [4.69, 9.17) is 0 Å². The van der Waals surface area contributed by atoms with Gasteiger partial charge in [-0.25, -0.2) is 0 Å². The Bertz CT molecular complexity index is 140. The first kappa shape index (κ1) is 6.21. The maximum absolute atomic E-state index is 11.5. The molecule has 52 valence electrons. The highest BCUT2D eigenvalue weighted by molar-refractivity contribution is 5.03. The second-order valence-corrected chi connectivity index (χ2v) is 1.37. The predicted molar refractivity (Wildman–Crippen MR) is 21.5 cm³/mol. The number of hydrogen-bond acceptors (Lipinski definition) is 3. The van der Waals surface area contributed by atoms with E-state index in [-0.39, 0.29) is 0 Å². The molecule has 0 saturated heterocycles. The minimum Gasteiger partial charge on any atom is -0.395 e. The summed E-state index contributed by atoms with van der Waals surface area (Å²) in [5.74, 6) is 0. The molecule has 1 aliphatic rings. The van der Waals surface area contributed by atoms with Crippen LogP contribution >= 0.6 is 0 Å². The summed E-state index contributed by atoms with van der Waals surface area (Å²) in [5, 5.41) is 0. The molecule has 0 aromatic carbocycles. The van der Waals surface area contributed by atoms with Gasteiger partial charge in [-0.1, -0.05) is 5.59 Å². The molecule has 9 heavy (non-hydrogen) atoms. The second-order valence-electron chi connectivity index (χ2n) is 1.37. The van der Waals surface area contributed by atoms with Crippen LogP contribution in [0.5, 0.6) is 0 Å². The summed E-state index contributed by atoms with van der Waals surface area (Å²) >= 11 is 0. The molecule has 1 heterocycles. The van der Waals surface area contributed by atoms with E-state index in [0.29, 0.717) is 6.26 Å². The minimum atomic E-state index is -4.36. The Morgan fingerprint density at radius 1 is 1.44 bits per heavy atom. The van der Waals surface area contributed by atoms with Gasteiger partial charge in [-0.15, -0.1) is 0 Å². The van der Waals surface area contributed by atoms with Crippen LogP contribution in [-0.2, 0) is 4.84 Å². The van der Waals surface area contributed by atoms with Crippen molar-refractivity contribution in [2.75, 3.05) is 0 Å². The molecular formula is C3H3F3N2O. The lowest BCUT2D eigenvalue weighted by Crippen LogP contribution is -2.29. The van der Waals surface area contributed by atoms with Crippen molar-refractivity contribution >= 4 is 0 Å². The molecule has 0 aliphatic carbocycles. The van der Waals surface area contributed by atoms with Gasteiger partial charge in [0.2, 0.25) is 0 Å². The number of nitrogens with one attached hydrogen (secondary N) is 2. The van der Waals surface area contributed by atoms with E-state index in [1.165, 1.54) is 0 Å². The van der Waals surface area contributed by atoms with Crippen molar-refractivity contribution in [2.24, 2.45) is 0 Å². The van der Waals surface area contributed by atoms with Crippen molar-refractivity contribution in [3.05, 3.63) is 12.0 Å². The van der Waals surface area contributed by atoms with Gasteiger partial charge in [-0.05, 0) is 0 Å². The van der Waals surface area contributed by atoms with Crippen LogP contribution in [-0.4, -0.2) is 6.18 Å². The maximum atomic E-state index is 11.5. The monoisotopic (exact) mass is 140 g/mol. The van der Waals surface area contributed by atoms with Crippen LogP contribution < -0.4 is 11.0 Å². The molecule has 0 spiro atoms.